The molecule has 0 saturated heterocycles. The first kappa shape index (κ1) is 24.1. The molecule has 0 bridgehead atoms. The zero-order valence-corrected chi connectivity index (χ0v) is 19.4. The third kappa shape index (κ3) is 6.70. The Kier molecular flexibility index (Phi) is 8.66. The molecule has 0 fully saturated rings. The maximum absolute atomic E-state index is 12.6. The number of nitrogens with one attached hydrogen (secondary N) is 3. The van der Waals surface area contributed by atoms with Gasteiger partial charge in [0.15, 0.2) is 5.11 Å². The summed E-state index contributed by atoms with van der Waals surface area (Å²) < 4.78 is 13.7. The lowest BCUT2D eigenvalue weighted by atomic mass is 10.2. The van der Waals surface area contributed by atoms with Gasteiger partial charge in [-0.1, -0.05) is 40.9 Å². The topological polar surface area (TPSA) is 80.9 Å². The van der Waals surface area contributed by atoms with E-state index < -0.39 is 15.9 Å². The predicted octanol–water partition coefficient (Wildman–Crippen LogP) is 4.13. The van der Waals surface area contributed by atoms with Crippen molar-refractivity contribution < 1.29 is 19.0 Å². The third-order valence-corrected chi connectivity index (χ3v) is 4.74. The fraction of sp³-hybridized carbons (Fsp3) is 0.263. The molecule has 0 saturated carbocycles. The van der Waals surface area contributed by atoms with Crippen LogP contribution >= 0.6 is 47.0 Å². The highest BCUT2D eigenvalue weighted by molar-refractivity contribution is 7.80. The van der Waals surface area contributed by atoms with Gasteiger partial charge >= 0.3 is 0 Å². The van der Waals surface area contributed by atoms with Gasteiger partial charge in [-0.2, -0.15) is 0 Å². The molecule has 30 heavy (non-hydrogen) atoms. The van der Waals surface area contributed by atoms with Crippen LogP contribution in [0.25, 0.3) is 0 Å². The van der Waals surface area contributed by atoms with Gasteiger partial charge in [-0.3, -0.25) is 4.79 Å². The molecule has 0 heterocycles. The normalized spacial score (nSPS) is 11.8. The fourth-order valence-electron chi connectivity index (χ4n) is 2.38. The second-order valence-corrected chi connectivity index (χ2v) is 8.62. The molecular formula is C19H20Cl3N3O4S. The Bertz CT molecular complexity index is 909. The molecule has 2 aromatic rings. The van der Waals surface area contributed by atoms with E-state index in [1.165, 1.54) is 21.3 Å². The average Bonchev–Trinajstić information content (AvgIpc) is 2.72. The van der Waals surface area contributed by atoms with Crippen LogP contribution in [0.5, 0.6) is 17.2 Å². The highest BCUT2D eigenvalue weighted by Crippen LogP contribution is 2.31. The molecule has 11 heteroatoms. The van der Waals surface area contributed by atoms with E-state index in [2.05, 4.69) is 16.0 Å². The average molecular weight is 493 g/mol. The SMILES string of the molecule is COc1cccc(C(=O)NC(NC(=S)Nc2cc(OC)ccc2OC)C(Cl)(Cl)Cl)c1. The van der Waals surface area contributed by atoms with Crippen molar-refractivity contribution >= 4 is 63.7 Å². The number of benzene rings is 2. The van der Waals surface area contributed by atoms with Crippen LogP contribution in [0.3, 0.4) is 0 Å². The van der Waals surface area contributed by atoms with Gasteiger partial charge < -0.3 is 30.2 Å². The van der Waals surface area contributed by atoms with E-state index in [0.29, 0.717) is 28.5 Å². The van der Waals surface area contributed by atoms with Crippen LogP contribution in [0.4, 0.5) is 5.69 Å². The van der Waals surface area contributed by atoms with Crippen molar-refractivity contribution in [3.05, 3.63) is 48.0 Å². The number of halogens is 3. The standard InChI is InChI=1S/C19H20Cl3N3O4S/c1-27-12-6-4-5-11(9-12)16(26)24-17(19(20,21)22)25-18(30)23-14-10-13(28-2)7-8-15(14)29-3/h4-10,17H,1-3H3,(H,24,26)(H2,23,25,30). The van der Waals surface area contributed by atoms with Crippen molar-refractivity contribution in [1.29, 1.82) is 0 Å². The minimum Gasteiger partial charge on any atom is -0.497 e. The lowest BCUT2D eigenvalue weighted by molar-refractivity contribution is 0.0934. The molecule has 0 aliphatic carbocycles. The molecule has 0 radical (unpaired) electrons. The number of anilines is 1. The zero-order chi connectivity index (χ0) is 22.3. The molecule has 3 N–H and O–H groups in total. The van der Waals surface area contributed by atoms with Crippen molar-refractivity contribution in [2.45, 2.75) is 9.96 Å². The number of amides is 1. The number of ether oxygens (including phenoxy) is 3. The highest BCUT2D eigenvalue weighted by atomic mass is 35.6. The summed E-state index contributed by atoms with van der Waals surface area (Å²) in [5.74, 6) is 1.14. The van der Waals surface area contributed by atoms with Crippen LogP contribution in [-0.4, -0.2) is 42.3 Å². The second-order valence-electron chi connectivity index (χ2n) is 5.84. The third-order valence-electron chi connectivity index (χ3n) is 3.86. The van der Waals surface area contributed by atoms with Crippen LogP contribution < -0.4 is 30.2 Å². The van der Waals surface area contributed by atoms with Crippen LogP contribution in [0.2, 0.25) is 0 Å². The predicted molar refractivity (Wildman–Crippen MR) is 123 cm³/mol. The smallest absolute Gasteiger partial charge is 0.253 e. The summed E-state index contributed by atoms with van der Waals surface area (Å²) in [5.41, 5.74) is 0.847. The number of carbonyl (C=O) groups is 1. The van der Waals surface area contributed by atoms with Gasteiger partial charge in [0.05, 0.1) is 27.0 Å². The Hall–Kier alpha value is -2.13. The monoisotopic (exact) mass is 491 g/mol. The van der Waals surface area contributed by atoms with Gasteiger partial charge in [0.1, 0.15) is 23.4 Å². The van der Waals surface area contributed by atoms with Gasteiger partial charge in [0, 0.05) is 11.6 Å². The van der Waals surface area contributed by atoms with Crippen molar-refractivity contribution in [2.75, 3.05) is 26.6 Å². The fourth-order valence-corrected chi connectivity index (χ4v) is 2.93. The summed E-state index contributed by atoms with van der Waals surface area (Å²) in [6.45, 7) is 0. The second kappa shape index (κ2) is 10.8. The molecule has 7 nitrogen and oxygen atoms in total. The Morgan fingerprint density at radius 3 is 2.23 bits per heavy atom. The van der Waals surface area contributed by atoms with Crippen molar-refractivity contribution in [3.63, 3.8) is 0 Å². The zero-order valence-electron chi connectivity index (χ0n) is 16.3. The largest absolute Gasteiger partial charge is 0.497 e. The van der Waals surface area contributed by atoms with E-state index in [4.69, 9.17) is 61.2 Å². The molecular weight excluding hydrogens is 473 g/mol. The number of carbonyl (C=O) groups excluding carboxylic acids is 1. The molecule has 0 aliphatic rings. The van der Waals surface area contributed by atoms with E-state index in [-0.39, 0.29) is 5.11 Å². The Balaban J connectivity index is 2.15. The molecule has 162 valence electrons. The summed E-state index contributed by atoms with van der Waals surface area (Å²) in [7, 11) is 4.55. The lowest BCUT2D eigenvalue weighted by Gasteiger charge is -2.28. The quantitative estimate of drug-likeness (QED) is 0.305. The van der Waals surface area contributed by atoms with Crippen molar-refractivity contribution in [3.8, 4) is 17.2 Å². The summed E-state index contributed by atoms with van der Waals surface area (Å²) in [6, 6.07) is 11.7. The van der Waals surface area contributed by atoms with E-state index in [0.717, 1.165) is 0 Å². The van der Waals surface area contributed by atoms with Crippen molar-refractivity contribution in [2.24, 2.45) is 0 Å². The number of hydrogen-bond donors (Lipinski definition) is 3. The van der Waals surface area contributed by atoms with Crippen LogP contribution in [0, 0.1) is 0 Å². The molecule has 0 aliphatic heterocycles. The first-order chi connectivity index (χ1) is 14.2. The summed E-state index contributed by atoms with van der Waals surface area (Å²) in [4.78, 5) is 12.6. The summed E-state index contributed by atoms with van der Waals surface area (Å²) >= 11 is 23.4. The van der Waals surface area contributed by atoms with Gasteiger partial charge in [-0.25, -0.2) is 0 Å². The molecule has 1 unspecified atom stereocenters. The van der Waals surface area contributed by atoms with Crippen LogP contribution in [-0.2, 0) is 0 Å². The number of hydrogen-bond acceptors (Lipinski definition) is 5. The first-order valence-corrected chi connectivity index (χ1v) is 10.0. The lowest BCUT2D eigenvalue weighted by Crippen LogP contribution is -2.56. The molecule has 2 rings (SSSR count). The number of alkyl halides is 3. The first-order valence-electron chi connectivity index (χ1n) is 8.49. The number of methoxy groups -OCH3 is 3. The van der Waals surface area contributed by atoms with E-state index >= 15 is 0 Å². The summed E-state index contributed by atoms with van der Waals surface area (Å²) in [5, 5.41) is 8.42. The molecule has 0 spiro atoms. The maximum atomic E-state index is 12.6. The van der Waals surface area contributed by atoms with Crippen molar-refractivity contribution in [1.82, 2.24) is 10.6 Å². The molecule has 1 amide bonds. The summed E-state index contributed by atoms with van der Waals surface area (Å²) in [6.07, 6.45) is -1.14. The number of thiocarbonyl (C=S) groups is 1. The highest BCUT2D eigenvalue weighted by Gasteiger charge is 2.35. The number of rotatable bonds is 7. The van der Waals surface area contributed by atoms with Gasteiger partial charge in [0.2, 0.25) is 3.79 Å². The van der Waals surface area contributed by atoms with Gasteiger partial charge in [-0.05, 0) is 42.5 Å². The Morgan fingerprint density at radius 1 is 0.967 bits per heavy atom. The minimum absolute atomic E-state index is 0.0869. The maximum Gasteiger partial charge on any atom is 0.253 e. The van der Waals surface area contributed by atoms with E-state index in [9.17, 15) is 4.79 Å². The van der Waals surface area contributed by atoms with E-state index in [1.807, 2.05) is 0 Å². The van der Waals surface area contributed by atoms with Crippen LogP contribution in [0.1, 0.15) is 10.4 Å². The molecule has 0 aromatic heterocycles. The van der Waals surface area contributed by atoms with Gasteiger partial charge in [0.25, 0.3) is 5.91 Å². The molecule has 1 atom stereocenters. The van der Waals surface area contributed by atoms with Crippen LogP contribution in [0.15, 0.2) is 42.5 Å². The molecule has 2 aromatic carbocycles. The van der Waals surface area contributed by atoms with E-state index in [1.54, 1.807) is 42.5 Å². The van der Waals surface area contributed by atoms with Gasteiger partial charge in [-0.15, -0.1) is 0 Å². The minimum atomic E-state index is -1.90. The Morgan fingerprint density at radius 2 is 1.63 bits per heavy atom. The Labute approximate surface area is 194 Å².